The second-order valence-corrected chi connectivity index (χ2v) is 6.50. The number of likely N-dealkylation sites (tertiary alicyclic amines) is 1. The van der Waals surface area contributed by atoms with Gasteiger partial charge in [0.15, 0.2) is 5.96 Å². The third-order valence-corrected chi connectivity index (χ3v) is 4.60. The molecular weight excluding hydrogens is 291 g/mol. The summed E-state index contributed by atoms with van der Waals surface area (Å²) in [7, 11) is 1.77. The number of benzene rings is 1. The first kappa shape index (κ1) is 17.7. The fraction of sp³-hybridized carbons (Fsp3) is 0.611. The number of hydrogen-bond acceptors (Lipinski definition) is 2. The topological polar surface area (TPSA) is 39.7 Å². The molecule has 0 bridgehead atoms. The maximum Gasteiger partial charge on any atom is 0.191 e. The van der Waals surface area contributed by atoms with E-state index in [0.717, 1.165) is 24.0 Å². The molecule has 0 aliphatic carbocycles. The van der Waals surface area contributed by atoms with E-state index in [4.69, 9.17) is 0 Å². The SMILES string of the molecule is CN=C(NCc1ccc(F)cc1)NCC(C)N1CCC(C)CC1. The Morgan fingerprint density at radius 3 is 2.52 bits per heavy atom. The number of hydrogen-bond donors (Lipinski definition) is 2. The number of nitrogens with zero attached hydrogens (tertiary/aromatic N) is 2. The van der Waals surface area contributed by atoms with Crippen molar-refractivity contribution in [3.05, 3.63) is 35.6 Å². The molecule has 5 heteroatoms. The van der Waals surface area contributed by atoms with Crippen LogP contribution in [0.15, 0.2) is 29.3 Å². The van der Waals surface area contributed by atoms with Crippen LogP contribution in [0.4, 0.5) is 4.39 Å². The van der Waals surface area contributed by atoms with Gasteiger partial charge in [0.25, 0.3) is 0 Å². The Balaban J connectivity index is 1.73. The Morgan fingerprint density at radius 1 is 1.26 bits per heavy atom. The highest BCUT2D eigenvalue weighted by Crippen LogP contribution is 2.17. The summed E-state index contributed by atoms with van der Waals surface area (Å²) in [5.41, 5.74) is 1.03. The molecular formula is C18H29FN4. The Kier molecular flexibility index (Phi) is 6.84. The summed E-state index contributed by atoms with van der Waals surface area (Å²) in [5.74, 6) is 1.43. The summed E-state index contributed by atoms with van der Waals surface area (Å²) in [4.78, 5) is 6.79. The van der Waals surface area contributed by atoms with Gasteiger partial charge in [0.1, 0.15) is 5.82 Å². The third kappa shape index (κ3) is 5.82. The van der Waals surface area contributed by atoms with Gasteiger partial charge in [-0.3, -0.25) is 9.89 Å². The van der Waals surface area contributed by atoms with Gasteiger partial charge in [0.2, 0.25) is 0 Å². The van der Waals surface area contributed by atoms with Gasteiger partial charge in [0.05, 0.1) is 0 Å². The van der Waals surface area contributed by atoms with Gasteiger partial charge >= 0.3 is 0 Å². The minimum Gasteiger partial charge on any atom is -0.355 e. The van der Waals surface area contributed by atoms with Crippen molar-refractivity contribution < 1.29 is 4.39 Å². The zero-order valence-corrected chi connectivity index (χ0v) is 14.5. The van der Waals surface area contributed by atoms with Crippen molar-refractivity contribution in [2.24, 2.45) is 10.9 Å². The molecule has 0 amide bonds. The molecule has 1 atom stereocenters. The molecule has 1 fully saturated rings. The standard InChI is InChI=1S/C18H29FN4/c1-14-8-10-23(11-9-14)15(2)12-21-18(20-3)22-13-16-4-6-17(19)7-5-16/h4-7,14-15H,8-13H2,1-3H3,(H2,20,21,22). The largest absolute Gasteiger partial charge is 0.355 e. The van der Waals surface area contributed by atoms with Crippen LogP contribution in [-0.4, -0.2) is 43.6 Å². The van der Waals surface area contributed by atoms with E-state index in [0.29, 0.717) is 12.6 Å². The van der Waals surface area contributed by atoms with Crippen LogP contribution >= 0.6 is 0 Å². The summed E-state index contributed by atoms with van der Waals surface area (Å²) in [6, 6.07) is 7.02. The minimum atomic E-state index is -0.207. The second-order valence-electron chi connectivity index (χ2n) is 6.50. The Hall–Kier alpha value is -1.62. The van der Waals surface area contributed by atoms with Crippen LogP contribution in [-0.2, 0) is 6.54 Å². The molecule has 2 N–H and O–H groups in total. The summed E-state index contributed by atoms with van der Waals surface area (Å²) in [5, 5.41) is 6.65. The van der Waals surface area contributed by atoms with Crippen molar-refractivity contribution in [2.75, 3.05) is 26.7 Å². The third-order valence-electron chi connectivity index (χ3n) is 4.60. The van der Waals surface area contributed by atoms with Crippen LogP contribution in [0.3, 0.4) is 0 Å². The van der Waals surface area contributed by atoms with Crippen LogP contribution in [0.25, 0.3) is 0 Å². The van der Waals surface area contributed by atoms with E-state index >= 15 is 0 Å². The van der Waals surface area contributed by atoms with E-state index in [1.54, 1.807) is 19.2 Å². The fourth-order valence-electron chi connectivity index (χ4n) is 2.85. The summed E-state index contributed by atoms with van der Waals surface area (Å²) in [6.45, 7) is 8.47. The quantitative estimate of drug-likeness (QED) is 0.647. The van der Waals surface area contributed by atoms with Crippen molar-refractivity contribution in [3.8, 4) is 0 Å². The average Bonchev–Trinajstić information content (AvgIpc) is 2.57. The number of piperidine rings is 1. The molecule has 128 valence electrons. The van der Waals surface area contributed by atoms with Gasteiger partial charge < -0.3 is 10.6 Å². The predicted octanol–water partition coefficient (Wildman–Crippen LogP) is 2.61. The zero-order chi connectivity index (χ0) is 16.7. The van der Waals surface area contributed by atoms with Gasteiger partial charge in [0, 0.05) is 26.2 Å². The lowest BCUT2D eigenvalue weighted by molar-refractivity contribution is 0.147. The number of nitrogens with one attached hydrogen (secondary N) is 2. The van der Waals surface area contributed by atoms with Crippen molar-refractivity contribution >= 4 is 5.96 Å². The minimum absolute atomic E-state index is 0.207. The predicted molar refractivity (Wildman–Crippen MR) is 94.0 cm³/mol. The van der Waals surface area contributed by atoms with E-state index in [9.17, 15) is 4.39 Å². The van der Waals surface area contributed by atoms with E-state index < -0.39 is 0 Å². The van der Waals surface area contributed by atoms with Gasteiger partial charge in [-0.05, 0) is 56.5 Å². The molecule has 4 nitrogen and oxygen atoms in total. The van der Waals surface area contributed by atoms with Crippen molar-refractivity contribution in [2.45, 2.75) is 39.3 Å². The second kappa shape index (κ2) is 8.87. The molecule has 1 unspecified atom stereocenters. The number of rotatable bonds is 5. The number of halogens is 1. The number of guanidine groups is 1. The van der Waals surface area contributed by atoms with E-state index in [1.807, 2.05) is 0 Å². The van der Waals surface area contributed by atoms with Crippen LogP contribution in [0.2, 0.25) is 0 Å². The first-order valence-corrected chi connectivity index (χ1v) is 8.51. The van der Waals surface area contributed by atoms with Gasteiger partial charge in [-0.1, -0.05) is 19.1 Å². The van der Waals surface area contributed by atoms with Crippen molar-refractivity contribution in [1.82, 2.24) is 15.5 Å². The van der Waals surface area contributed by atoms with Crippen LogP contribution in [0, 0.1) is 11.7 Å². The molecule has 0 saturated carbocycles. The summed E-state index contributed by atoms with van der Waals surface area (Å²) < 4.78 is 12.9. The maximum atomic E-state index is 12.9. The first-order valence-electron chi connectivity index (χ1n) is 8.51. The highest BCUT2D eigenvalue weighted by molar-refractivity contribution is 5.79. The Bertz CT molecular complexity index is 492. The fourth-order valence-corrected chi connectivity index (χ4v) is 2.85. The van der Waals surface area contributed by atoms with E-state index in [1.165, 1.54) is 38.1 Å². The van der Waals surface area contributed by atoms with E-state index in [2.05, 4.69) is 34.4 Å². The molecule has 1 aliphatic rings. The molecule has 0 radical (unpaired) electrons. The molecule has 1 saturated heterocycles. The smallest absolute Gasteiger partial charge is 0.191 e. The summed E-state index contributed by atoms with van der Waals surface area (Å²) >= 11 is 0. The molecule has 1 heterocycles. The average molecular weight is 320 g/mol. The van der Waals surface area contributed by atoms with Gasteiger partial charge in [-0.15, -0.1) is 0 Å². The lowest BCUT2D eigenvalue weighted by Gasteiger charge is -2.35. The van der Waals surface area contributed by atoms with Crippen molar-refractivity contribution in [3.63, 3.8) is 0 Å². The maximum absolute atomic E-state index is 12.9. The van der Waals surface area contributed by atoms with Crippen LogP contribution in [0.1, 0.15) is 32.3 Å². The first-order chi connectivity index (χ1) is 11.1. The molecule has 0 spiro atoms. The molecule has 1 aromatic rings. The highest BCUT2D eigenvalue weighted by Gasteiger charge is 2.20. The zero-order valence-electron chi connectivity index (χ0n) is 14.5. The van der Waals surface area contributed by atoms with Gasteiger partial charge in [-0.25, -0.2) is 4.39 Å². The normalized spacial score (nSPS) is 18.7. The molecule has 2 rings (SSSR count). The monoisotopic (exact) mass is 320 g/mol. The summed E-state index contributed by atoms with van der Waals surface area (Å²) in [6.07, 6.45) is 2.59. The number of aliphatic imine (C=N–C) groups is 1. The molecule has 0 aromatic heterocycles. The van der Waals surface area contributed by atoms with Crippen LogP contribution in [0.5, 0.6) is 0 Å². The molecule has 23 heavy (non-hydrogen) atoms. The molecule has 1 aliphatic heterocycles. The van der Waals surface area contributed by atoms with Gasteiger partial charge in [-0.2, -0.15) is 0 Å². The lowest BCUT2D eigenvalue weighted by Crippen LogP contribution is -2.47. The Labute approximate surface area is 139 Å². The highest BCUT2D eigenvalue weighted by atomic mass is 19.1. The lowest BCUT2D eigenvalue weighted by atomic mass is 9.98. The Morgan fingerprint density at radius 2 is 1.91 bits per heavy atom. The van der Waals surface area contributed by atoms with Crippen LogP contribution < -0.4 is 10.6 Å². The molecule has 1 aromatic carbocycles. The van der Waals surface area contributed by atoms with E-state index in [-0.39, 0.29) is 5.82 Å². The van der Waals surface area contributed by atoms with Crippen molar-refractivity contribution in [1.29, 1.82) is 0 Å².